The Kier molecular flexibility index (Phi) is 9.29. The van der Waals surface area contributed by atoms with Crippen LogP contribution in [0.4, 0.5) is 0 Å². The highest BCUT2D eigenvalue weighted by molar-refractivity contribution is 5.25. The van der Waals surface area contributed by atoms with Crippen molar-refractivity contribution in [3.05, 3.63) is 35.4 Å². The van der Waals surface area contributed by atoms with Crippen LogP contribution in [0.1, 0.15) is 43.9 Å². The highest BCUT2D eigenvalue weighted by Gasteiger charge is 2.10. The molecule has 1 unspecified atom stereocenters. The van der Waals surface area contributed by atoms with Gasteiger partial charge in [-0.05, 0) is 36.9 Å². The Hall–Kier alpha value is -0.900. The van der Waals surface area contributed by atoms with Gasteiger partial charge in [0.15, 0.2) is 0 Å². The summed E-state index contributed by atoms with van der Waals surface area (Å²) in [7, 11) is 1.72. The minimum absolute atomic E-state index is 0.281. The molecular weight excluding hydrogens is 250 g/mol. The molecule has 0 saturated carbocycles. The third kappa shape index (κ3) is 6.51. The minimum atomic E-state index is 0.281. The molecule has 0 saturated heterocycles. The fourth-order valence-electron chi connectivity index (χ4n) is 2.08. The van der Waals surface area contributed by atoms with Crippen LogP contribution in [0.2, 0.25) is 0 Å². The molecule has 1 aromatic carbocycles. The Bertz CT molecular complexity index is 337. The molecule has 0 aliphatic carbocycles. The van der Waals surface area contributed by atoms with Crippen molar-refractivity contribution in [2.45, 2.75) is 39.2 Å². The predicted molar refractivity (Wildman–Crippen MR) is 84.2 cm³/mol. The lowest BCUT2D eigenvalue weighted by Crippen LogP contribution is -2.26. The number of nitrogens with one attached hydrogen (secondary N) is 1. The SMILES string of the molecule is CCCNC(COCCCOC)c1ccc(CC)cc1. The molecule has 0 radical (unpaired) electrons. The molecule has 1 aromatic rings. The van der Waals surface area contributed by atoms with Gasteiger partial charge >= 0.3 is 0 Å². The second-order valence-electron chi connectivity index (χ2n) is 5.02. The molecule has 1 N–H and O–H groups in total. The third-order valence-electron chi connectivity index (χ3n) is 3.35. The first-order chi connectivity index (χ1) is 9.81. The number of benzene rings is 1. The van der Waals surface area contributed by atoms with Gasteiger partial charge in [-0.1, -0.05) is 38.1 Å². The van der Waals surface area contributed by atoms with Gasteiger partial charge < -0.3 is 14.8 Å². The molecule has 0 bridgehead atoms. The van der Waals surface area contributed by atoms with Crippen molar-refractivity contribution < 1.29 is 9.47 Å². The smallest absolute Gasteiger partial charge is 0.0661 e. The molecule has 3 heteroatoms. The van der Waals surface area contributed by atoms with Gasteiger partial charge in [-0.15, -0.1) is 0 Å². The van der Waals surface area contributed by atoms with Gasteiger partial charge in [0.25, 0.3) is 0 Å². The summed E-state index contributed by atoms with van der Waals surface area (Å²) in [5.74, 6) is 0. The Morgan fingerprint density at radius 1 is 1.10 bits per heavy atom. The maximum absolute atomic E-state index is 5.76. The van der Waals surface area contributed by atoms with E-state index in [1.807, 2.05) is 0 Å². The predicted octanol–water partition coefficient (Wildman–Crippen LogP) is 3.34. The van der Waals surface area contributed by atoms with Crippen LogP contribution in [0, 0.1) is 0 Å². The number of rotatable bonds is 11. The Labute approximate surface area is 123 Å². The summed E-state index contributed by atoms with van der Waals surface area (Å²) in [6.45, 7) is 7.62. The van der Waals surface area contributed by atoms with Crippen LogP contribution >= 0.6 is 0 Å². The number of methoxy groups -OCH3 is 1. The van der Waals surface area contributed by atoms with Crippen LogP contribution in [0.5, 0.6) is 0 Å². The van der Waals surface area contributed by atoms with Gasteiger partial charge in [0, 0.05) is 20.3 Å². The van der Waals surface area contributed by atoms with Gasteiger partial charge in [0.1, 0.15) is 0 Å². The fourth-order valence-corrected chi connectivity index (χ4v) is 2.08. The van der Waals surface area contributed by atoms with E-state index in [1.165, 1.54) is 11.1 Å². The highest BCUT2D eigenvalue weighted by Crippen LogP contribution is 2.15. The van der Waals surface area contributed by atoms with Crippen LogP contribution in [-0.4, -0.2) is 33.5 Å². The quantitative estimate of drug-likeness (QED) is 0.630. The molecule has 0 aromatic heterocycles. The molecular formula is C17H29NO2. The Morgan fingerprint density at radius 2 is 1.85 bits per heavy atom. The maximum atomic E-state index is 5.76. The van der Waals surface area contributed by atoms with Crippen LogP contribution in [0.3, 0.4) is 0 Å². The first-order valence-corrected chi connectivity index (χ1v) is 7.70. The van der Waals surface area contributed by atoms with Crippen LogP contribution in [-0.2, 0) is 15.9 Å². The van der Waals surface area contributed by atoms with Crippen molar-refractivity contribution in [1.82, 2.24) is 5.32 Å². The van der Waals surface area contributed by atoms with Gasteiger partial charge in [0.05, 0.1) is 12.6 Å². The zero-order chi connectivity index (χ0) is 14.6. The van der Waals surface area contributed by atoms with Gasteiger partial charge in [-0.2, -0.15) is 0 Å². The second-order valence-corrected chi connectivity index (χ2v) is 5.02. The maximum Gasteiger partial charge on any atom is 0.0661 e. The fraction of sp³-hybridized carbons (Fsp3) is 0.647. The summed E-state index contributed by atoms with van der Waals surface area (Å²) in [5, 5.41) is 3.56. The number of ether oxygens (including phenoxy) is 2. The summed E-state index contributed by atoms with van der Waals surface area (Å²) in [6, 6.07) is 9.13. The molecule has 0 aliphatic heterocycles. The Morgan fingerprint density at radius 3 is 2.45 bits per heavy atom. The van der Waals surface area contributed by atoms with E-state index in [1.54, 1.807) is 7.11 Å². The molecule has 114 valence electrons. The van der Waals surface area contributed by atoms with E-state index in [0.717, 1.165) is 45.6 Å². The molecule has 0 spiro atoms. The van der Waals surface area contributed by atoms with E-state index in [-0.39, 0.29) is 6.04 Å². The molecule has 1 rings (SSSR count). The summed E-state index contributed by atoms with van der Waals surface area (Å²) >= 11 is 0. The average Bonchev–Trinajstić information content (AvgIpc) is 2.50. The van der Waals surface area contributed by atoms with E-state index in [4.69, 9.17) is 9.47 Å². The molecule has 0 aliphatic rings. The molecule has 1 atom stereocenters. The van der Waals surface area contributed by atoms with Gasteiger partial charge in [-0.3, -0.25) is 0 Å². The zero-order valence-corrected chi connectivity index (χ0v) is 13.2. The first-order valence-electron chi connectivity index (χ1n) is 7.70. The summed E-state index contributed by atoms with van der Waals surface area (Å²) < 4.78 is 10.8. The lowest BCUT2D eigenvalue weighted by atomic mass is 10.0. The van der Waals surface area contributed by atoms with E-state index in [9.17, 15) is 0 Å². The molecule has 0 amide bonds. The van der Waals surface area contributed by atoms with Crippen molar-refractivity contribution in [3.8, 4) is 0 Å². The van der Waals surface area contributed by atoms with Crippen LogP contribution in [0.15, 0.2) is 24.3 Å². The van der Waals surface area contributed by atoms with E-state index in [0.29, 0.717) is 0 Å². The summed E-state index contributed by atoms with van der Waals surface area (Å²) in [5.41, 5.74) is 2.69. The first kappa shape index (κ1) is 17.2. The van der Waals surface area contributed by atoms with Crippen molar-refractivity contribution in [2.24, 2.45) is 0 Å². The van der Waals surface area contributed by atoms with Crippen molar-refractivity contribution in [1.29, 1.82) is 0 Å². The summed E-state index contributed by atoms with van der Waals surface area (Å²) in [6.07, 6.45) is 3.17. The van der Waals surface area contributed by atoms with Crippen LogP contribution < -0.4 is 5.32 Å². The largest absolute Gasteiger partial charge is 0.385 e. The second kappa shape index (κ2) is 10.8. The number of hydrogen-bond donors (Lipinski definition) is 1. The normalized spacial score (nSPS) is 12.6. The van der Waals surface area contributed by atoms with E-state index >= 15 is 0 Å². The van der Waals surface area contributed by atoms with E-state index < -0.39 is 0 Å². The summed E-state index contributed by atoms with van der Waals surface area (Å²) in [4.78, 5) is 0. The third-order valence-corrected chi connectivity index (χ3v) is 3.35. The monoisotopic (exact) mass is 279 g/mol. The van der Waals surface area contributed by atoms with Gasteiger partial charge in [-0.25, -0.2) is 0 Å². The Balaban J connectivity index is 2.48. The van der Waals surface area contributed by atoms with Crippen molar-refractivity contribution in [2.75, 3.05) is 33.5 Å². The standard InChI is InChI=1S/C17H29NO2/c1-4-11-18-17(14-20-13-6-12-19-3)16-9-7-15(5-2)8-10-16/h7-10,17-18H,4-6,11-14H2,1-3H3. The minimum Gasteiger partial charge on any atom is -0.385 e. The number of hydrogen-bond acceptors (Lipinski definition) is 3. The highest BCUT2D eigenvalue weighted by atomic mass is 16.5. The molecule has 3 nitrogen and oxygen atoms in total. The van der Waals surface area contributed by atoms with Crippen molar-refractivity contribution >= 4 is 0 Å². The topological polar surface area (TPSA) is 30.5 Å². The van der Waals surface area contributed by atoms with E-state index in [2.05, 4.69) is 43.4 Å². The van der Waals surface area contributed by atoms with Crippen molar-refractivity contribution in [3.63, 3.8) is 0 Å². The van der Waals surface area contributed by atoms with Gasteiger partial charge in [0.2, 0.25) is 0 Å². The molecule has 0 fully saturated rings. The number of aryl methyl sites for hydroxylation is 1. The molecule has 20 heavy (non-hydrogen) atoms. The van der Waals surface area contributed by atoms with Crippen LogP contribution in [0.25, 0.3) is 0 Å². The average molecular weight is 279 g/mol. The zero-order valence-electron chi connectivity index (χ0n) is 13.2. The lowest BCUT2D eigenvalue weighted by molar-refractivity contribution is 0.0875. The molecule has 0 heterocycles. The lowest BCUT2D eigenvalue weighted by Gasteiger charge is -2.19.